The molecule has 1 fully saturated rings. The smallest absolute Gasteiger partial charge is 0.341 e. The number of nitriles is 1. The van der Waals surface area contributed by atoms with Crippen molar-refractivity contribution < 1.29 is 14.6 Å². The van der Waals surface area contributed by atoms with Crippen LogP contribution in [0.3, 0.4) is 0 Å². The van der Waals surface area contributed by atoms with Crippen LogP contribution in [0.5, 0.6) is 5.75 Å². The number of hydrogen-bond donors (Lipinski definition) is 2. The molecule has 32 heavy (non-hydrogen) atoms. The van der Waals surface area contributed by atoms with Crippen molar-refractivity contribution in [2.75, 3.05) is 11.9 Å². The number of carboxylic acid groups (broad SMARTS) is 1. The SMILES string of the molecule is CC1CC(n2c(Nc3ccc(C#N)cc3)nc3cc(OCC(=O)O)ccc32)CC(C)(C)C1. The Morgan fingerprint density at radius 1 is 1.28 bits per heavy atom. The van der Waals surface area contributed by atoms with Gasteiger partial charge in [-0.25, -0.2) is 9.78 Å². The molecule has 1 aliphatic rings. The summed E-state index contributed by atoms with van der Waals surface area (Å²) in [7, 11) is 0. The van der Waals surface area contributed by atoms with Gasteiger partial charge in [0.05, 0.1) is 22.7 Å². The highest BCUT2D eigenvalue weighted by molar-refractivity contribution is 5.81. The second kappa shape index (κ2) is 8.54. The average Bonchev–Trinajstić information content (AvgIpc) is 3.08. The number of carboxylic acids is 1. The van der Waals surface area contributed by atoms with Crippen molar-refractivity contribution in [3.63, 3.8) is 0 Å². The molecule has 0 radical (unpaired) electrons. The lowest BCUT2D eigenvalue weighted by Crippen LogP contribution is -2.29. The molecule has 2 atom stereocenters. The van der Waals surface area contributed by atoms with Crippen molar-refractivity contribution >= 4 is 28.6 Å². The van der Waals surface area contributed by atoms with Gasteiger partial charge in [-0.1, -0.05) is 20.8 Å². The molecular weight excluding hydrogens is 404 g/mol. The molecule has 0 aliphatic heterocycles. The molecule has 2 aromatic carbocycles. The standard InChI is InChI=1S/C25H28N4O3/c1-16-10-19(13-25(2,3)12-16)29-22-9-8-20(32-15-23(30)31)11-21(22)28-24(29)27-18-6-4-17(14-26)5-7-18/h4-9,11,16,19H,10,12-13,15H2,1-3H3,(H,27,28)(H,30,31). The molecule has 1 heterocycles. The fourth-order valence-electron chi connectivity index (χ4n) is 5.02. The highest BCUT2D eigenvalue weighted by atomic mass is 16.5. The highest BCUT2D eigenvalue weighted by Crippen LogP contribution is 2.46. The minimum atomic E-state index is -1.02. The van der Waals surface area contributed by atoms with E-state index in [2.05, 4.69) is 36.7 Å². The summed E-state index contributed by atoms with van der Waals surface area (Å²) in [6.07, 6.45) is 3.30. The molecule has 1 aliphatic carbocycles. The zero-order valence-electron chi connectivity index (χ0n) is 18.6. The first-order valence-electron chi connectivity index (χ1n) is 10.9. The summed E-state index contributed by atoms with van der Waals surface area (Å²) in [6.45, 7) is 6.55. The molecule has 3 aromatic rings. The Hall–Kier alpha value is -3.53. The first-order valence-corrected chi connectivity index (χ1v) is 10.9. The van der Waals surface area contributed by atoms with Crippen LogP contribution in [0.1, 0.15) is 51.6 Å². The Morgan fingerprint density at radius 2 is 2.03 bits per heavy atom. The van der Waals surface area contributed by atoms with E-state index in [9.17, 15) is 4.79 Å². The van der Waals surface area contributed by atoms with Gasteiger partial charge in [-0.05, 0) is 67.0 Å². The Bertz CT molecular complexity index is 1170. The third-order valence-electron chi connectivity index (χ3n) is 6.02. The molecule has 166 valence electrons. The van der Waals surface area contributed by atoms with Gasteiger partial charge in [-0.15, -0.1) is 0 Å². The van der Waals surface area contributed by atoms with E-state index < -0.39 is 12.6 Å². The van der Waals surface area contributed by atoms with Crippen LogP contribution in [-0.2, 0) is 4.79 Å². The Balaban J connectivity index is 1.75. The number of aliphatic carboxylic acids is 1. The number of nitrogens with one attached hydrogen (secondary N) is 1. The topological polar surface area (TPSA) is 100 Å². The van der Waals surface area contributed by atoms with Crippen LogP contribution in [0.4, 0.5) is 11.6 Å². The van der Waals surface area contributed by atoms with Gasteiger partial charge in [0.1, 0.15) is 5.75 Å². The molecule has 0 spiro atoms. The number of imidazole rings is 1. The second-order valence-electron chi connectivity index (χ2n) is 9.52. The van der Waals surface area contributed by atoms with Gasteiger partial charge in [0.2, 0.25) is 5.95 Å². The zero-order chi connectivity index (χ0) is 22.9. The van der Waals surface area contributed by atoms with Crippen molar-refractivity contribution in [2.24, 2.45) is 11.3 Å². The van der Waals surface area contributed by atoms with E-state index in [-0.39, 0.29) is 11.5 Å². The third kappa shape index (κ3) is 4.70. The van der Waals surface area contributed by atoms with Crippen LogP contribution in [0.25, 0.3) is 11.0 Å². The molecule has 1 saturated carbocycles. The number of nitrogens with zero attached hydrogens (tertiary/aromatic N) is 3. The van der Waals surface area contributed by atoms with Gasteiger partial charge in [-0.2, -0.15) is 5.26 Å². The molecule has 0 saturated heterocycles. The number of carbonyl (C=O) groups is 1. The quantitative estimate of drug-likeness (QED) is 0.533. The largest absolute Gasteiger partial charge is 0.482 e. The minimum Gasteiger partial charge on any atom is -0.482 e. The fraction of sp³-hybridized carbons (Fsp3) is 0.400. The first kappa shape index (κ1) is 21.7. The number of benzene rings is 2. The summed E-state index contributed by atoms with van der Waals surface area (Å²) in [6, 6.07) is 15.3. The van der Waals surface area contributed by atoms with Gasteiger partial charge in [0.15, 0.2) is 6.61 Å². The van der Waals surface area contributed by atoms with Crippen molar-refractivity contribution in [2.45, 2.75) is 46.1 Å². The number of aromatic nitrogens is 2. The van der Waals surface area contributed by atoms with E-state index in [0.29, 0.717) is 17.2 Å². The normalized spacial score (nSPS) is 19.9. The molecule has 2 unspecified atom stereocenters. The predicted octanol–water partition coefficient (Wildman–Crippen LogP) is 5.50. The van der Waals surface area contributed by atoms with Gasteiger partial charge in [0, 0.05) is 17.8 Å². The predicted molar refractivity (Wildman–Crippen MR) is 123 cm³/mol. The van der Waals surface area contributed by atoms with Crippen molar-refractivity contribution in [1.82, 2.24) is 9.55 Å². The van der Waals surface area contributed by atoms with E-state index in [4.69, 9.17) is 20.1 Å². The van der Waals surface area contributed by atoms with Gasteiger partial charge in [0.25, 0.3) is 0 Å². The maximum absolute atomic E-state index is 10.9. The first-order chi connectivity index (χ1) is 15.2. The van der Waals surface area contributed by atoms with Crippen molar-refractivity contribution in [3.8, 4) is 11.8 Å². The molecule has 1 aromatic heterocycles. The summed E-state index contributed by atoms with van der Waals surface area (Å²) in [5.41, 5.74) is 3.42. The maximum Gasteiger partial charge on any atom is 0.341 e. The fourth-order valence-corrected chi connectivity index (χ4v) is 5.02. The van der Waals surface area contributed by atoms with E-state index in [1.807, 2.05) is 18.2 Å². The van der Waals surface area contributed by atoms with Crippen LogP contribution in [0, 0.1) is 22.7 Å². The molecule has 4 rings (SSSR count). The van der Waals surface area contributed by atoms with Crippen LogP contribution < -0.4 is 10.1 Å². The van der Waals surface area contributed by atoms with E-state index in [1.54, 1.807) is 24.3 Å². The average molecular weight is 433 g/mol. The van der Waals surface area contributed by atoms with Crippen molar-refractivity contribution in [1.29, 1.82) is 5.26 Å². The van der Waals surface area contributed by atoms with E-state index >= 15 is 0 Å². The molecular formula is C25H28N4O3. The van der Waals surface area contributed by atoms with Gasteiger partial charge in [-0.3, -0.25) is 0 Å². The van der Waals surface area contributed by atoms with Crippen LogP contribution in [0.2, 0.25) is 0 Å². The molecule has 7 heteroatoms. The zero-order valence-corrected chi connectivity index (χ0v) is 18.6. The Labute approximate surface area is 187 Å². The van der Waals surface area contributed by atoms with E-state index in [1.165, 1.54) is 6.42 Å². The summed E-state index contributed by atoms with van der Waals surface area (Å²) in [5, 5.41) is 21.4. The number of fused-ring (bicyclic) bond motifs is 1. The summed E-state index contributed by atoms with van der Waals surface area (Å²) >= 11 is 0. The molecule has 7 nitrogen and oxygen atoms in total. The molecule has 0 bridgehead atoms. The van der Waals surface area contributed by atoms with E-state index in [0.717, 1.165) is 35.5 Å². The van der Waals surface area contributed by atoms with Crippen molar-refractivity contribution in [3.05, 3.63) is 48.0 Å². The van der Waals surface area contributed by atoms with Crippen LogP contribution in [0.15, 0.2) is 42.5 Å². The van der Waals surface area contributed by atoms with Crippen LogP contribution in [-0.4, -0.2) is 27.2 Å². The molecule has 0 amide bonds. The Morgan fingerprint density at radius 3 is 2.69 bits per heavy atom. The lowest BCUT2D eigenvalue weighted by molar-refractivity contribution is -0.139. The summed E-state index contributed by atoms with van der Waals surface area (Å²) in [5.74, 6) is 0.793. The number of hydrogen-bond acceptors (Lipinski definition) is 5. The Kier molecular flexibility index (Phi) is 5.79. The summed E-state index contributed by atoms with van der Waals surface area (Å²) < 4.78 is 7.63. The number of anilines is 2. The highest BCUT2D eigenvalue weighted by Gasteiger charge is 2.34. The lowest BCUT2D eigenvalue weighted by Gasteiger charge is -2.40. The maximum atomic E-state index is 10.9. The second-order valence-corrected chi connectivity index (χ2v) is 9.52. The van der Waals surface area contributed by atoms with Crippen LogP contribution >= 0.6 is 0 Å². The van der Waals surface area contributed by atoms with Gasteiger partial charge < -0.3 is 19.7 Å². The summed E-state index contributed by atoms with van der Waals surface area (Å²) in [4.78, 5) is 15.7. The number of ether oxygens (including phenoxy) is 1. The third-order valence-corrected chi connectivity index (χ3v) is 6.02. The minimum absolute atomic E-state index is 0.231. The monoisotopic (exact) mass is 432 g/mol. The number of rotatable bonds is 6. The lowest BCUT2D eigenvalue weighted by atomic mass is 9.70. The molecule has 2 N–H and O–H groups in total. The van der Waals surface area contributed by atoms with Gasteiger partial charge >= 0.3 is 5.97 Å².